The third-order valence-corrected chi connectivity index (χ3v) is 4.61. The molecule has 0 saturated heterocycles. The van der Waals surface area contributed by atoms with Gasteiger partial charge in [0, 0.05) is 11.1 Å². The number of aliphatic hydroxyl groups is 1. The summed E-state index contributed by atoms with van der Waals surface area (Å²) < 4.78 is 19.6. The lowest BCUT2D eigenvalue weighted by atomic mass is 10.0. The zero-order chi connectivity index (χ0) is 21.6. The Morgan fingerprint density at radius 3 is 2.06 bits per heavy atom. The molecule has 6 nitrogen and oxygen atoms in total. The van der Waals surface area contributed by atoms with Crippen molar-refractivity contribution in [1.82, 2.24) is 14.8 Å². The van der Waals surface area contributed by atoms with Crippen LogP contribution in [0.25, 0.3) is 22.5 Å². The van der Waals surface area contributed by atoms with Crippen LogP contribution in [0.4, 0.5) is 4.39 Å². The molecule has 0 saturated carbocycles. The number of hydrogen-bond acceptors (Lipinski definition) is 5. The van der Waals surface area contributed by atoms with Crippen LogP contribution >= 0.6 is 0 Å². The summed E-state index contributed by atoms with van der Waals surface area (Å²) >= 11 is 0. The quantitative estimate of drug-likeness (QED) is 0.498. The van der Waals surface area contributed by atoms with E-state index in [0.717, 1.165) is 15.8 Å². The summed E-state index contributed by atoms with van der Waals surface area (Å²) in [6.45, 7) is -0.178. The maximum atomic E-state index is 13.0. The van der Waals surface area contributed by atoms with Crippen LogP contribution in [-0.2, 0) is 6.54 Å². The van der Waals surface area contributed by atoms with E-state index in [2.05, 4.69) is 10.1 Å². The second-order valence-corrected chi connectivity index (χ2v) is 6.92. The first kappa shape index (κ1) is 20.4. The molecule has 4 rings (SSSR count). The third-order valence-electron chi connectivity index (χ3n) is 4.61. The summed E-state index contributed by atoms with van der Waals surface area (Å²) in [6.07, 6.45) is -1.01. The van der Waals surface area contributed by atoms with Crippen LogP contribution in [0.3, 0.4) is 0 Å². The van der Waals surface area contributed by atoms with Gasteiger partial charge < -0.3 is 9.84 Å². The molecule has 1 atom stereocenters. The van der Waals surface area contributed by atoms with Gasteiger partial charge in [0.1, 0.15) is 35.7 Å². The highest BCUT2D eigenvalue weighted by Gasteiger charge is 2.16. The molecule has 0 aliphatic carbocycles. The lowest BCUT2D eigenvalue weighted by molar-refractivity contribution is 0.0876. The highest BCUT2D eigenvalue weighted by molar-refractivity contribution is 5.77. The molecule has 0 bridgehead atoms. The Labute approximate surface area is 178 Å². The highest BCUT2D eigenvalue weighted by atomic mass is 19.1. The third kappa shape index (κ3) is 5.02. The van der Waals surface area contributed by atoms with E-state index >= 15 is 0 Å². The maximum Gasteiger partial charge on any atom is 0.364 e. The van der Waals surface area contributed by atoms with Gasteiger partial charge in [0.2, 0.25) is 0 Å². The van der Waals surface area contributed by atoms with E-state index in [9.17, 15) is 14.3 Å². The van der Waals surface area contributed by atoms with Gasteiger partial charge in [-0.15, -0.1) is 0 Å². The number of ether oxygens (including phenoxy) is 1. The summed E-state index contributed by atoms with van der Waals surface area (Å²) in [5.74, 6) is 0.0463. The van der Waals surface area contributed by atoms with Gasteiger partial charge in [0.05, 0.1) is 6.54 Å². The van der Waals surface area contributed by atoms with Gasteiger partial charge in [-0.25, -0.2) is 13.9 Å². The molecule has 1 heterocycles. The van der Waals surface area contributed by atoms with Crippen molar-refractivity contribution in [3.63, 3.8) is 0 Å². The normalized spacial score (nSPS) is 11.8. The highest BCUT2D eigenvalue weighted by Crippen LogP contribution is 2.27. The molecule has 0 spiro atoms. The number of halogens is 1. The number of aromatic nitrogens is 3. The summed E-state index contributed by atoms with van der Waals surface area (Å²) in [5, 5.41) is 14.9. The minimum Gasteiger partial charge on any atom is -0.491 e. The standard InChI is InChI=1S/C24H20FN3O3/c25-19-11-13-21(14-12-19)31-16-20(29)15-28-24(30)26-22(17-7-3-1-4-8-17)23(27-28)18-9-5-2-6-10-18/h1-14,20,29H,15-16H2. The van der Waals surface area contributed by atoms with Crippen molar-refractivity contribution >= 4 is 0 Å². The van der Waals surface area contributed by atoms with Crippen molar-refractivity contribution in [3.05, 3.63) is 101 Å². The fourth-order valence-electron chi connectivity index (χ4n) is 3.10. The minimum atomic E-state index is -1.01. The molecule has 1 aromatic heterocycles. The molecule has 1 unspecified atom stereocenters. The Hall–Kier alpha value is -3.84. The van der Waals surface area contributed by atoms with Crippen LogP contribution in [0.1, 0.15) is 0 Å². The number of aliphatic hydroxyl groups excluding tert-OH is 1. The number of rotatable bonds is 7. The van der Waals surface area contributed by atoms with Gasteiger partial charge in [-0.2, -0.15) is 10.1 Å². The van der Waals surface area contributed by atoms with Crippen LogP contribution in [-0.4, -0.2) is 32.6 Å². The maximum absolute atomic E-state index is 13.0. The van der Waals surface area contributed by atoms with Gasteiger partial charge in [-0.05, 0) is 24.3 Å². The van der Waals surface area contributed by atoms with Gasteiger partial charge in [-0.1, -0.05) is 60.7 Å². The number of benzene rings is 3. The topological polar surface area (TPSA) is 77.2 Å². The molecular weight excluding hydrogens is 397 g/mol. The second kappa shape index (κ2) is 9.32. The van der Waals surface area contributed by atoms with Crippen molar-refractivity contribution < 1.29 is 14.2 Å². The van der Waals surface area contributed by atoms with E-state index in [0.29, 0.717) is 17.1 Å². The molecule has 4 aromatic rings. The van der Waals surface area contributed by atoms with E-state index < -0.39 is 11.8 Å². The molecule has 0 radical (unpaired) electrons. The first-order valence-electron chi connectivity index (χ1n) is 9.76. The van der Waals surface area contributed by atoms with Gasteiger partial charge in [0.15, 0.2) is 0 Å². The molecule has 7 heteroatoms. The van der Waals surface area contributed by atoms with Crippen molar-refractivity contribution in [3.8, 4) is 28.3 Å². The SMILES string of the molecule is O=c1nc(-c2ccccc2)c(-c2ccccc2)nn1CC(O)COc1ccc(F)cc1. The Kier molecular flexibility index (Phi) is 6.14. The predicted molar refractivity (Wildman–Crippen MR) is 115 cm³/mol. The van der Waals surface area contributed by atoms with Gasteiger partial charge >= 0.3 is 5.69 Å². The van der Waals surface area contributed by atoms with Crippen LogP contribution in [0.15, 0.2) is 89.7 Å². The van der Waals surface area contributed by atoms with Crippen molar-refractivity contribution in [2.24, 2.45) is 0 Å². The smallest absolute Gasteiger partial charge is 0.364 e. The molecule has 31 heavy (non-hydrogen) atoms. The van der Waals surface area contributed by atoms with Crippen LogP contribution in [0, 0.1) is 5.82 Å². The fourth-order valence-corrected chi connectivity index (χ4v) is 3.10. The Morgan fingerprint density at radius 1 is 0.871 bits per heavy atom. The summed E-state index contributed by atoms with van der Waals surface area (Å²) in [7, 11) is 0. The molecule has 1 N–H and O–H groups in total. The molecule has 3 aromatic carbocycles. The Balaban J connectivity index is 1.61. The lowest BCUT2D eigenvalue weighted by Crippen LogP contribution is -2.34. The molecular formula is C24H20FN3O3. The second-order valence-electron chi connectivity index (χ2n) is 6.92. The Morgan fingerprint density at radius 2 is 1.45 bits per heavy atom. The average molecular weight is 417 g/mol. The monoisotopic (exact) mass is 417 g/mol. The van der Waals surface area contributed by atoms with Crippen molar-refractivity contribution in [2.45, 2.75) is 12.6 Å². The Bertz CT molecular complexity index is 1200. The average Bonchev–Trinajstić information content (AvgIpc) is 2.81. The van der Waals surface area contributed by atoms with Gasteiger partial charge in [-0.3, -0.25) is 0 Å². The zero-order valence-corrected chi connectivity index (χ0v) is 16.6. The molecule has 0 aliphatic rings. The summed E-state index contributed by atoms with van der Waals surface area (Å²) in [4.78, 5) is 16.9. The van der Waals surface area contributed by atoms with E-state index in [4.69, 9.17) is 4.74 Å². The molecule has 0 fully saturated rings. The fraction of sp³-hybridized carbons (Fsp3) is 0.125. The minimum absolute atomic E-state index is 0.0825. The summed E-state index contributed by atoms with van der Waals surface area (Å²) in [5.41, 5.74) is 2.03. The van der Waals surface area contributed by atoms with E-state index in [1.54, 1.807) is 0 Å². The zero-order valence-electron chi connectivity index (χ0n) is 16.6. The van der Waals surface area contributed by atoms with E-state index in [1.165, 1.54) is 24.3 Å². The first-order valence-corrected chi connectivity index (χ1v) is 9.76. The van der Waals surface area contributed by atoms with Gasteiger partial charge in [0.25, 0.3) is 0 Å². The van der Waals surface area contributed by atoms with Crippen molar-refractivity contribution in [1.29, 1.82) is 0 Å². The largest absolute Gasteiger partial charge is 0.491 e. The van der Waals surface area contributed by atoms with E-state index in [1.807, 2.05) is 60.7 Å². The van der Waals surface area contributed by atoms with Crippen molar-refractivity contribution in [2.75, 3.05) is 6.61 Å². The number of hydrogen-bond donors (Lipinski definition) is 1. The van der Waals surface area contributed by atoms with Crippen LogP contribution in [0.2, 0.25) is 0 Å². The first-order chi connectivity index (χ1) is 15.1. The molecule has 0 aliphatic heterocycles. The van der Waals surface area contributed by atoms with Crippen LogP contribution in [0.5, 0.6) is 5.75 Å². The predicted octanol–water partition coefficient (Wildman–Crippen LogP) is 3.55. The molecule has 156 valence electrons. The lowest BCUT2D eigenvalue weighted by Gasteiger charge is -2.15. The summed E-state index contributed by atoms with van der Waals surface area (Å²) in [6, 6.07) is 24.3. The molecule has 0 amide bonds. The van der Waals surface area contributed by atoms with E-state index in [-0.39, 0.29) is 19.0 Å². The number of nitrogens with zero attached hydrogens (tertiary/aromatic N) is 3. The van der Waals surface area contributed by atoms with Crippen LogP contribution < -0.4 is 10.4 Å².